The van der Waals surface area contributed by atoms with Gasteiger partial charge in [0, 0.05) is 58.7 Å². The quantitative estimate of drug-likeness (QED) is 0.301. The van der Waals surface area contributed by atoms with E-state index in [1.807, 2.05) is 0 Å². The van der Waals surface area contributed by atoms with E-state index in [4.69, 9.17) is 4.74 Å². The number of nitrogens with one attached hydrogen (secondary N) is 1. The van der Waals surface area contributed by atoms with Crippen LogP contribution in [-0.4, -0.2) is 78.8 Å². The van der Waals surface area contributed by atoms with E-state index in [2.05, 4.69) is 4.90 Å². The van der Waals surface area contributed by atoms with Gasteiger partial charge in [-0.2, -0.15) is 0 Å². The number of nitrogens with zero attached hydrogens (tertiary/aromatic N) is 2. The van der Waals surface area contributed by atoms with Crippen molar-refractivity contribution < 1.29 is 28.0 Å². The first-order chi connectivity index (χ1) is 16.4. The molecule has 4 aliphatic rings. The van der Waals surface area contributed by atoms with Crippen molar-refractivity contribution in [2.45, 2.75) is 81.8 Å². The summed E-state index contributed by atoms with van der Waals surface area (Å²) in [5.41, 5.74) is 1.58. The topological polar surface area (TPSA) is 116 Å². The number of piperidine rings is 1. The van der Waals surface area contributed by atoms with E-state index < -0.39 is 20.7 Å². The second kappa shape index (κ2) is 11.2. The van der Waals surface area contributed by atoms with E-state index >= 15 is 0 Å². The van der Waals surface area contributed by atoms with Crippen molar-refractivity contribution in [3.05, 3.63) is 0 Å². The van der Waals surface area contributed by atoms with Gasteiger partial charge in [-0.05, 0) is 49.9 Å². The van der Waals surface area contributed by atoms with E-state index in [1.165, 1.54) is 30.0 Å². The molecular formula is C24H41N3O6S. The third-order valence-electron chi connectivity index (χ3n) is 8.81. The zero-order chi connectivity index (χ0) is 24.2. The number of fused-ring (bicyclic) bond motifs is 1. The molecule has 2 N–H and O–H groups in total. The summed E-state index contributed by atoms with van der Waals surface area (Å²) < 4.78 is 31.8. The first kappa shape index (κ1) is 25.9. The van der Waals surface area contributed by atoms with Crippen LogP contribution in [0.5, 0.6) is 0 Å². The number of hydrogen-bond donors (Lipinski definition) is 2. The predicted octanol–water partition coefficient (Wildman–Crippen LogP) is 2.29. The summed E-state index contributed by atoms with van der Waals surface area (Å²) in [7, 11) is -3.91. The van der Waals surface area contributed by atoms with Gasteiger partial charge in [0.2, 0.25) is 15.9 Å². The molecule has 3 aliphatic heterocycles. The van der Waals surface area contributed by atoms with Crippen LogP contribution >= 0.6 is 0 Å². The van der Waals surface area contributed by atoms with Crippen LogP contribution < -0.4 is 5.48 Å². The Morgan fingerprint density at radius 3 is 2.18 bits per heavy atom. The molecular weight excluding hydrogens is 458 g/mol. The number of rotatable bonds is 8. The highest BCUT2D eigenvalue weighted by atomic mass is 32.2. The zero-order valence-corrected chi connectivity index (χ0v) is 21.1. The molecule has 4 fully saturated rings. The van der Waals surface area contributed by atoms with Gasteiger partial charge in [0.1, 0.15) is 0 Å². The smallest absolute Gasteiger partial charge is 0.266 e. The first-order valence-corrected chi connectivity index (χ1v) is 14.6. The fourth-order valence-corrected chi connectivity index (χ4v) is 8.72. The van der Waals surface area contributed by atoms with Crippen molar-refractivity contribution in [2.75, 3.05) is 39.4 Å². The number of sulfonamides is 1. The highest BCUT2D eigenvalue weighted by molar-refractivity contribution is 7.91. The van der Waals surface area contributed by atoms with Crippen LogP contribution in [0, 0.1) is 17.8 Å². The SMILES string of the molecule is O=C(CCCCC1CCN(S(=O)(=O)C2(C(=O)NO)CCOCC2)CC1)N1CC2CCCCC2C1. The number of unbranched alkanes of at least 4 members (excludes halogenated alkanes) is 1. The molecule has 0 aromatic heterocycles. The van der Waals surface area contributed by atoms with Crippen molar-refractivity contribution in [1.29, 1.82) is 0 Å². The second-order valence-corrected chi connectivity index (χ2v) is 13.0. The maximum absolute atomic E-state index is 13.4. The molecule has 0 bridgehead atoms. The Balaban J connectivity index is 1.19. The molecule has 3 saturated heterocycles. The standard InChI is InChI=1S/C24H41N3O6S/c28-22(26-17-20-6-2-3-7-21(20)18-26)8-4-1-5-19-9-13-27(14-10-19)34(31,32)24(23(29)25-30)11-15-33-16-12-24/h19-21,30H,1-18H2,(H,25,29). The molecule has 2 atom stereocenters. The Labute approximate surface area is 203 Å². The fourth-order valence-electron chi connectivity index (χ4n) is 6.57. The van der Waals surface area contributed by atoms with E-state index in [-0.39, 0.29) is 26.1 Å². The number of ether oxygens (including phenoxy) is 1. The Kier molecular flexibility index (Phi) is 8.53. The summed E-state index contributed by atoms with van der Waals surface area (Å²) in [6.07, 6.45) is 10.3. The van der Waals surface area contributed by atoms with E-state index in [9.17, 15) is 23.2 Å². The number of carbonyl (C=O) groups excluding carboxylic acids is 2. The van der Waals surface area contributed by atoms with Crippen LogP contribution in [0.1, 0.15) is 77.0 Å². The van der Waals surface area contributed by atoms with Crippen LogP contribution in [0.25, 0.3) is 0 Å². The van der Waals surface area contributed by atoms with Crippen LogP contribution in [0.4, 0.5) is 0 Å². The monoisotopic (exact) mass is 499 g/mol. The average molecular weight is 500 g/mol. The molecule has 9 nitrogen and oxygen atoms in total. The maximum atomic E-state index is 13.4. The number of hydroxylamine groups is 1. The number of hydrogen-bond acceptors (Lipinski definition) is 6. The molecule has 4 rings (SSSR count). The highest BCUT2D eigenvalue weighted by Gasteiger charge is 2.54. The van der Waals surface area contributed by atoms with Crippen LogP contribution in [0.3, 0.4) is 0 Å². The fraction of sp³-hybridized carbons (Fsp3) is 0.917. The molecule has 0 aromatic rings. The molecule has 10 heteroatoms. The van der Waals surface area contributed by atoms with Gasteiger partial charge in [0.25, 0.3) is 5.91 Å². The lowest BCUT2D eigenvalue weighted by Crippen LogP contribution is -2.60. The van der Waals surface area contributed by atoms with Crippen LogP contribution in [0.2, 0.25) is 0 Å². The Bertz CT molecular complexity index is 807. The molecule has 2 amide bonds. The van der Waals surface area contributed by atoms with Gasteiger partial charge in [-0.15, -0.1) is 0 Å². The Morgan fingerprint density at radius 2 is 1.59 bits per heavy atom. The second-order valence-electron chi connectivity index (χ2n) is 10.7. The van der Waals surface area contributed by atoms with Gasteiger partial charge in [-0.25, -0.2) is 18.2 Å². The molecule has 34 heavy (non-hydrogen) atoms. The first-order valence-electron chi connectivity index (χ1n) is 13.2. The minimum absolute atomic E-state index is 0.0498. The average Bonchev–Trinajstić information content (AvgIpc) is 3.31. The highest BCUT2D eigenvalue weighted by Crippen LogP contribution is 2.37. The van der Waals surface area contributed by atoms with E-state index in [0.717, 1.165) is 57.0 Å². The third-order valence-corrected chi connectivity index (χ3v) is 11.4. The zero-order valence-electron chi connectivity index (χ0n) is 20.3. The number of carbonyl (C=O) groups is 2. The van der Waals surface area contributed by atoms with Crippen molar-refractivity contribution in [1.82, 2.24) is 14.7 Å². The van der Waals surface area contributed by atoms with Crippen molar-refractivity contribution in [3.63, 3.8) is 0 Å². The molecule has 0 spiro atoms. The molecule has 1 aliphatic carbocycles. The lowest BCUT2D eigenvalue weighted by atomic mass is 9.82. The van der Waals surface area contributed by atoms with Crippen LogP contribution in [-0.2, 0) is 24.3 Å². The molecule has 0 aromatic carbocycles. The molecule has 3 heterocycles. The van der Waals surface area contributed by atoms with Gasteiger partial charge in [-0.3, -0.25) is 14.8 Å². The lowest BCUT2D eigenvalue weighted by molar-refractivity contribution is -0.134. The molecule has 1 saturated carbocycles. The summed E-state index contributed by atoms with van der Waals surface area (Å²) in [5, 5.41) is 9.19. The van der Waals surface area contributed by atoms with Gasteiger partial charge in [-0.1, -0.05) is 25.7 Å². The molecule has 194 valence electrons. The summed E-state index contributed by atoms with van der Waals surface area (Å²) in [5.74, 6) is 1.33. The minimum Gasteiger partial charge on any atom is -0.381 e. The number of amides is 2. The van der Waals surface area contributed by atoms with Crippen molar-refractivity contribution in [3.8, 4) is 0 Å². The van der Waals surface area contributed by atoms with Crippen molar-refractivity contribution >= 4 is 21.8 Å². The van der Waals surface area contributed by atoms with E-state index in [1.54, 1.807) is 5.48 Å². The molecule has 2 unspecified atom stereocenters. The molecule has 0 radical (unpaired) electrons. The summed E-state index contributed by atoms with van der Waals surface area (Å²) in [4.78, 5) is 27.1. The van der Waals surface area contributed by atoms with E-state index in [0.29, 0.717) is 31.3 Å². The predicted molar refractivity (Wildman–Crippen MR) is 126 cm³/mol. The summed E-state index contributed by atoms with van der Waals surface area (Å²) >= 11 is 0. The third kappa shape index (κ3) is 5.29. The van der Waals surface area contributed by atoms with Gasteiger partial charge < -0.3 is 9.64 Å². The van der Waals surface area contributed by atoms with Crippen molar-refractivity contribution in [2.24, 2.45) is 17.8 Å². The Hall–Kier alpha value is -1.23. The van der Waals surface area contributed by atoms with Gasteiger partial charge in [0.15, 0.2) is 4.75 Å². The van der Waals surface area contributed by atoms with Gasteiger partial charge in [0.05, 0.1) is 0 Å². The van der Waals surface area contributed by atoms with Gasteiger partial charge >= 0.3 is 0 Å². The number of likely N-dealkylation sites (tertiary alicyclic amines) is 1. The van der Waals surface area contributed by atoms with Crippen LogP contribution in [0.15, 0.2) is 0 Å². The summed E-state index contributed by atoms with van der Waals surface area (Å²) in [6.45, 7) is 3.06. The summed E-state index contributed by atoms with van der Waals surface area (Å²) in [6, 6.07) is 0. The minimum atomic E-state index is -3.91. The maximum Gasteiger partial charge on any atom is 0.266 e. The lowest BCUT2D eigenvalue weighted by Gasteiger charge is -2.40. The largest absolute Gasteiger partial charge is 0.381 e. The Morgan fingerprint density at radius 1 is 0.971 bits per heavy atom. The normalized spacial score (nSPS) is 28.4.